The predicted molar refractivity (Wildman–Crippen MR) is 82.5 cm³/mol. The normalized spacial score (nSPS) is 10.4. The lowest BCUT2D eigenvalue weighted by Crippen LogP contribution is -2.09. The number of hydrogen-bond donors (Lipinski definition) is 0. The molecule has 0 aromatic heterocycles. The minimum atomic E-state index is -0.451. The van der Waals surface area contributed by atoms with Gasteiger partial charge in [-0.05, 0) is 36.8 Å². The highest BCUT2D eigenvalue weighted by atomic mass is 16.5. The van der Waals surface area contributed by atoms with Crippen molar-refractivity contribution < 1.29 is 19.1 Å². The van der Waals surface area contributed by atoms with Gasteiger partial charge in [-0.25, -0.2) is 9.59 Å². The molecule has 2 aromatic carbocycles. The van der Waals surface area contributed by atoms with Gasteiger partial charge >= 0.3 is 11.9 Å². The highest BCUT2D eigenvalue weighted by Gasteiger charge is 2.09. The number of benzene rings is 2. The zero-order valence-corrected chi connectivity index (χ0v) is 12.2. The maximum Gasteiger partial charge on any atom is 0.343 e. The second-order valence-corrected chi connectivity index (χ2v) is 4.51. The molecule has 0 bridgehead atoms. The predicted octanol–water partition coefficient (Wildman–Crippen LogP) is 3.53. The average Bonchev–Trinajstić information content (AvgIpc) is 2.54. The van der Waals surface area contributed by atoms with E-state index in [1.807, 2.05) is 6.07 Å². The molecule has 0 heterocycles. The molecule has 0 spiro atoms. The van der Waals surface area contributed by atoms with Crippen LogP contribution in [0.25, 0.3) is 0 Å². The monoisotopic (exact) mass is 296 g/mol. The van der Waals surface area contributed by atoms with E-state index in [1.54, 1.807) is 61.5 Å². The Kier molecular flexibility index (Phi) is 5.49. The summed E-state index contributed by atoms with van der Waals surface area (Å²) in [4.78, 5) is 23.3. The summed E-state index contributed by atoms with van der Waals surface area (Å²) >= 11 is 0. The van der Waals surface area contributed by atoms with Crippen molar-refractivity contribution in [2.24, 2.45) is 0 Å². The van der Waals surface area contributed by atoms with E-state index in [0.717, 1.165) is 5.56 Å². The summed E-state index contributed by atoms with van der Waals surface area (Å²) in [6.07, 6.45) is 2.95. The first-order valence-electron chi connectivity index (χ1n) is 6.84. The smallest absolute Gasteiger partial charge is 0.343 e. The van der Waals surface area contributed by atoms with Gasteiger partial charge in [-0.2, -0.15) is 0 Å². The largest absolute Gasteiger partial charge is 0.458 e. The number of esters is 2. The maximum absolute atomic E-state index is 12.1. The summed E-state index contributed by atoms with van der Waals surface area (Å²) in [5.74, 6) is -0.384. The number of allylic oxidation sites excluding steroid dienone is 1. The minimum absolute atomic E-state index is 0.107. The third-order valence-electron chi connectivity index (χ3n) is 2.80. The summed E-state index contributed by atoms with van der Waals surface area (Å²) in [6, 6.07) is 15.6. The lowest BCUT2D eigenvalue weighted by Gasteiger charge is -2.06. The van der Waals surface area contributed by atoms with E-state index >= 15 is 0 Å². The van der Waals surface area contributed by atoms with E-state index in [4.69, 9.17) is 9.47 Å². The van der Waals surface area contributed by atoms with Crippen LogP contribution in [0.4, 0.5) is 0 Å². The number of carbonyl (C=O) groups excluding carboxylic acids is 2. The second kappa shape index (κ2) is 7.78. The average molecular weight is 296 g/mol. The van der Waals surface area contributed by atoms with Crippen molar-refractivity contribution in [1.29, 1.82) is 0 Å². The van der Waals surface area contributed by atoms with Gasteiger partial charge < -0.3 is 9.47 Å². The molecule has 0 amide bonds. The molecule has 22 heavy (non-hydrogen) atoms. The summed E-state index contributed by atoms with van der Waals surface area (Å²) in [6.45, 7) is 1.84. The standard InChI is InChI=1S/C18H16O4/c1-2-7-17(19)21-13-14-8-6-9-15(12-14)18(20)22-16-10-4-3-5-11-16/h2-12H,13H2,1H3. The van der Waals surface area contributed by atoms with Gasteiger partial charge in [0.25, 0.3) is 0 Å². The van der Waals surface area contributed by atoms with Gasteiger partial charge in [0.1, 0.15) is 12.4 Å². The Morgan fingerprint density at radius 3 is 2.55 bits per heavy atom. The Labute approximate surface area is 129 Å². The lowest BCUT2D eigenvalue weighted by molar-refractivity contribution is -0.139. The van der Waals surface area contributed by atoms with Crippen LogP contribution in [-0.2, 0) is 16.1 Å². The van der Waals surface area contributed by atoms with Gasteiger partial charge in [-0.3, -0.25) is 0 Å². The van der Waals surface area contributed by atoms with Crippen LogP contribution in [0.5, 0.6) is 5.75 Å². The van der Waals surface area contributed by atoms with Crippen LogP contribution in [0.1, 0.15) is 22.8 Å². The Morgan fingerprint density at radius 1 is 1.05 bits per heavy atom. The van der Waals surface area contributed by atoms with Crippen molar-refractivity contribution in [1.82, 2.24) is 0 Å². The molecule has 0 fully saturated rings. The zero-order valence-electron chi connectivity index (χ0n) is 12.2. The van der Waals surface area contributed by atoms with E-state index in [9.17, 15) is 9.59 Å². The van der Waals surface area contributed by atoms with Gasteiger partial charge in [0.15, 0.2) is 0 Å². The van der Waals surface area contributed by atoms with Crippen molar-refractivity contribution in [2.75, 3.05) is 0 Å². The van der Waals surface area contributed by atoms with Crippen LogP contribution in [0.15, 0.2) is 66.7 Å². The Morgan fingerprint density at radius 2 is 1.82 bits per heavy atom. The number of ether oxygens (including phenoxy) is 2. The first kappa shape index (κ1) is 15.5. The lowest BCUT2D eigenvalue weighted by atomic mass is 10.1. The van der Waals surface area contributed by atoms with Crippen LogP contribution in [0, 0.1) is 0 Å². The van der Waals surface area contributed by atoms with Crippen molar-refractivity contribution in [3.63, 3.8) is 0 Å². The molecule has 0 saturated heterocycles. The summed E-state index contributed by atoms with van der Waals surface area (Å²) in [5.41, 5.74) is 1.13. The maximum atomic E-state index is 12.1. The van der Waals surface area contributed by atoms with Crippen LogP contribution in [0.3, 0.4) is 0 Å². The molecule has 0 radical (unpaired) electrons. The molecular weight excluding hydrogens is 280 g/mol. The van der Waals surface area contributed by atoms with Crippen LogP contribution >= 0.6 is 0 Å². The zero-order chi connectivity index (χ0) is 15.8. The Hall–Kier alpha value is -2.88. The fraction of sp³-hybridized carbons (Fsp3) is 0.111. The number of hydrogen-bond acceptors (Lipinski definition) is 4. The fourth-order valence-corrected chi connectivity index (χ4v) is 1.78. The number of carbonyl (C=O) groups is 2. The fourth-order valence-electron chi connectivity index (χ4n) is 1.78. The first-order chi connectivity index (χ1) is 10.7. The van der Waals surface area contributed by atoms with Crippen LogP contribution in [-0.4, -0.2) is 11.9 Å². The highest BCUT2D eigenvalue weighted by molar-refractivity contribution is 5.91. The van der Waals surface area contributed by atoms with E-state index in [2.05, 4.69) is 0 Å². The molecule has 0 N–H and O–H groups in total. The van der Waals surface area contributed by atoms with Gasteiger partial charge in [0.2, 0.25) is 0 Å². The molecule has 0 unspecified atom stereocenters. The molecule has 2 rings (SSSR count). The summed E-state index contributed by atoms with van der Waals surface area (Å²) in [7, 11) is 0. The molecule has 4 nitrogen and oxygen atoms in total. The van der Waals surface area contributed by atoms with Crippen molar-refractivity contribution >= 4 is 11.9 Å². The van der Waals surface area contributed by atoms with Gasteiger partial charge in [-0.15, -0.1) is 0 Å². The van der Waals surface area contributed by atoms with Gasteiger partial charge in [0, 0.05) is 6.08 Å². The molecule has 0 aliphatic rings. The van der Waals surface area contributed by atoms with Crippen LogP contribution < -0.4 is 4.74 Å². The molecule has 4 heteroatoms. The minimum Gasteiger partial charge on any atom is -0.458 e. The topological polar surface area (TPSA) is 52.6 Å². The Balaban J connectivity index is 2.01. The molecule has 112 valence electrons. The Bertz CT molecular complexity index is 674. The number of rotatable bonds is 5. The van der Waals surface area contributed by atoms with Gasteiger partial charge in [0.05, 0.1) is 5.56 Å². The summed E-state index contributed by atoms with van der Waals surface area (Å²) in [5, 5.41) is 0. The molecule has 2 aromatic rings. The molecule has 0 aliphatic carbocycles. The van der Waals surface area contributed by atoms with Gasteiger partial charge in [-0.1, -0.05) is 36.4 Å². The van der Waals surface area contributed by atoms with E-state index in [-0.39, 0.29) is 6.61 Å². The van der Waals surface area contributed by atoms with Crippen molar-refractivity contribution in [3.8, 4) is 5.75 Å². The van der Waals surface area contributed by atoms with Crippen molar-refractivity contribution in [3.05, 3.63) is 77.9 Å². The molecule has 0 saturated carbocycles. The quantitative estimate of drug-likeness (QED) is 0.481. The van der Waals surface area contributed by atoms with E-state index < -0.39 is 11.9 Å². The highest BCUT2D eigenvalue weighted by Crippen LogP contribution is 2.13. The number of para-hydroxylation sites is 1. The summed E-state index contributed by atoms with van der Waals surface area (Å²) < 4.78 is 10.3. The third kappa shape index (κ3) is 4.59. The van der Waals surface area contributed by atoms with Crippen LogP contribution in [0.2, 0.25) is 0 Å². The molecular formula is C18H16O4. The molecule has 0 aliphatic heterocycles. The molecule has 0 atom stereocenters. The SMILES string of the molecule is CC=CC(=O)OCc1cccc(C(=O)Oc2ccccc2)c1. The van der Waals surface area contributed by atoms with E-state index in [1.165, 1.54) is 6.08 Å². The van der Waals surface area contributed by atoms with E-state index in [0.29, 0.717) is 11.3 Å². The first-order valence-corrected chi connectivity index (χ1v) is 6.84. The van der Waals surface area contributed by atoms with Crippen molar-refractivity contribution in [2.45, 2.75) is 13.5 Å². The third-order valence-corrected chi connectivity index (χ3v) is 2.80. The second-order valence-electron chi connectivity index (χ2n) is 4.51.